The van der Waals surface area contributed by atoms with Crippen LogP contribution in [0.2, 0.25) is 0 Å². The standard InChI is InChI=1S/C18H23F3N6/c1-3-14-15(4-2)25-26-17(24-14)23-13-7-9-27(10-8-13)16-6-5-12(11-22-16)18(19,20)21/h5-6,11,13H,3-4,7-10H2,1-2H3,(H,23,24,26). The zero-order valence-corrected chi connectivity index (χ0v) is 15.4. The molecule has 3 rings (SSSR count). The van der Waals surface area contributed by atoms with Gasteiger partial charge in [-0.15, -0.1) is 5.10 Å². The Kier molecular flexibility index (Phi) is 5.76. The lowest BCUT2D eigenvalue weighted by atomic mass is 10.1. The number of anilines is 2. The highest BCUT2D eigenvalue weighted by molar-refractivity contribution is 5.41. The highest BCUT2D eigenvalue weighted by Crippen LogP contribution is 2.30. The molecule has 2 aromatic heterocycles. The molecule has 0 atom stereocenters. The number of aryl methyl sites for hydroxylation is 2. The monoisotopic (exact) mass is 380 g/mol. The molecule has 1 saturated heterocycles. The van der Waals surface area contributed by atoms with Crippen molar-refractivity contribution in [3.8, 4) is 0 Å². The van der Waals surface area contributed by atoms with Crippen LogP contribution in [0.15, 0.2) is 18.3 Å². The van der Waals surface area contributed by atoms with E-state index >= 15 is 0 Å². The fraction of sp³-hybridized carbons (Fsp3) is 0.556. The van der Waals surface area contributed by atoms with Crippen molar-refractivity contribution in [2.45, 2.75) is 51.7 Å². The van der Waals surface area contributed by atoms with Crippen LogP contribution in [0, 0.1) is 0 Å². The van der Waals surface area contributed by atoms with Crippen LogP contribution in [0.25, 0.3) is 0 Å². The number of pyridine rings is 1. The fourth-order valence-electron chi connectivity index (χ4n) is 3.18. The van der Waals surface area contributed by atoms with E-state index in [4.69, 9.17) is 0 Å². The predicted molar refractivity (Wildman–Crippen MR) is 96.7 cm³/mol. The van der Waals surface area contributed by atoms with E-state index in [9.17, 15) is 13.2 Å². The lowest BCUT2D eigenvalue weighted by molar-refractivity contribution is -0.137. The van der Waals surface area contributed by atoms with Gasteiger partial charge in [0.15, 0.2) is 0 Å². The van der Waals surface area contributed by atoms with Gasteiger partial charge in [0, 0.05) is 25.3 Å². The Morgan fingerprint density at radius 2 is 1.78 bits per heavy atom. The summed E-state index contributed by atoms with van der Waals surface area (Å²) in [5, 5.41) is 11.7. The Morgan fingerprint density at radius 3 is 2.33 bits per heavy atom. The first-order valence-electron chi connectivity index (χ1n) is 9.18. The van der Waals surface area contributed by atoms with Crippen LogP contribution in [0.5, 0.6) is 0 Å². The average molecular weight is 380 g/mol. The van der Waals surface area contributed by atoms with Gasteiger partial charge in [-0.05, 0) is 37.8 Å². The van der Waals surface area contributed by atoms with Gasteiger partial charge in [-0.2, -0.15) is 18.3 Å². The van der Waals surface area contributed by atoms with E-state index < -0.39 is 11.7 Å². The summed E-state index contributed by atoms with van der Waals surface area (Å²) in [5.41, 5.74) is 1.15. The quantitative estimate of drug-likeness (QED) is 0.857. The predicted octanol–water partition coefficient (Wildman–Crippen LogP) is 3.49. The first kappa shape index (κ1) is 19.3. The van der Waals surface area contributed by atoms with Crippen molar-refractivity contribution < 1.29 is 13.2 Å². The first-order chi connectivity index (χ1) is 12.9. The van der Waals surface area contributed by atoms with Gasteiger partial charge in [0.1, 0.15) is 5.82 Å². The topological polar surface area (TPSA) is 66.8 Å². The Labute approximate surface area is 156 Å². The fourth-order valence-corrected chi connectivity index (χ4v) is 3.18. The molecule has 1 N–H and O–H groups in total. The van der Waals surface area contributed by atoms with Crippen LogP contribution in [0.4, 0.5) is 24.9 Å². The molecule has 0 unspecified atom stereocenters. The largest absolute Gasteiger partial charge is 0.417 e. The summed E-state index contributed by atoms with van der Waals surface area (Å²) in [7, 11) is 0. The Hall–Kier alpha value is -2.45. The van der Waals surface area contributed by atoms with E-state index in [1.165, 1.54) is 6.07 Å². The summed E-state index contributed by atoms with van der Waals surface area (Å²) in [5.74, 6) is 1.11. The van der Waals surface area contributed by atoms with Gasteiger partial charge in [0.05, 0.1) is 17.0 Å². The molecule has 1 aliphatic heterocycles. The molecule has 3 heterocycles. The van der Waals surface area contributed by atoms with Crippen molar-refractivity contribution in [2.24, 2.45) is 0 Å². The zero-order chi connectivity index (χ0) is 19.4. The Morgan fingerprint density at radius 1 is 1.07 bits per heavy atom. The lowest BCUT2D eigenvalue weighted by Gasteiger charge is -2.33. The highest BCUT2D eigenvalue weighted by Gasteiger charge is 2.31. The summed E-state index contributed by atoms with van der Waals surface area (Å²) in [6, 6.07) is 2.71. The lowest BCUT2D eigenvalue weighted by Crippen LogP contribution is -2.40. The Balaban J connectivity index is 1.57. The molecule has 1 aliphatic rings. The minimum Gasteiger partial charge on any atom is -0.356 e. The van der Waals surface area contributed by atoms with Gasteiger partial charge in [-0.25, -0.2) is 9.97 Å². The van der Waals surface area contributed by atoms with Gasteiger partial charge in [-0.3, -0.25) is 0 Å². The molecule has 9 heteroatoms. The van der Waals surface area contributed by atoms with E-state index in [2.05, 4.69) is 25.5 Å². The van der Waals surface area contributed by atoms with E-state index in [1.54, 1.807) is 0 Å². The van der Waals surface area contributed by atoms with Crippen molar-refractivity contribution in [1.82, 2.24) is 20.2 Å². The summed E-state index contributed by atoms with van der Waals surface area (Å²) in [6.07, 6.45) is -0.207. The summed E-state index contributed by atoms with van der Waals surface area (Å²) in [6.45, 7) is 5.49. The molecule has 0 spiro atoms. The van der Waals surface area contributed by atoms with Gasteiger partial charge in [0.25, 0.3) is 0 Å². The highest BCUT2D eigenvalue weighted by atomic mass is 19.4. The molecule has 1 fully saturated rings. The second-order valence-electron chi connectivity index (χ2n) is 6.54. The molecule has 0 amide bonds. The number of rotatable bonds is 5. The number of aromatic nitrogens is 4. The molecular formula is C18H23F3N6. The number of nitrogens with zero attached hydrogens (tertiary/aromatic N) is 5. The van der Waals surface area contributed by atoms with E-state index in [0.29, 0.717) is 24.9 Å². The second-order valence-corrected chi connectivity index (χ2v) is 6.54. The number of piperidine rings is 1. The molecular weight excluding hydrogens is 357 g/mol. The van der Waals surface area contributed by atoms with Gasteiger partial charge in [-0.1, -0.05) is 13.8 Å². The van der Waals surface area contributed by atoms with Gasteiger partial charge >= 0.3 is 6.18 Å². The molecule has 27 heavy (non-hydrogen) atoms. The van der Waals surface area contributed by atoms with Crippen molar-refractivity contribution >= 4 is 11.8 Å². The summed E-state index contributed by atoms with van der Waals surface area (Å²) < 4.78 is 37.9. The molecule has 0 aliphatic carbocycles. The minimum absolute atomic E-state index is 0.203. The maximum absolute atomic E-state index is 12.6. The zero-order valence-electron chi connectivity index (χ0n) is 15.4. The van der Waals surface area contributed by atoms with Crippen molar-refractivity contribution in [3.63, 3.8) is 0 Å². The summed E-state index contributed by atoms with van der Waals surface area (Å²) in [4.78, 5) is 10.5. The van der Waals surface area contributed by atoms with Crippen LogP contribution < -0.4 is 10.2 Å². The smallest absolute Gasteiger partial charge is 0.356 e. The van der Waals surface area contributed by atoms with Crippen LogP contribution in [0.3, 0.4) is 0 Å². The third-order valence-electron chi connectivity index (χ3n) is 4.74. The molecule has 0 aromatic carbocycles. The van der Waals surface area contributed by atoms with Crippen LogP contribution in [-0.4, -0.2) is 39.3 Å². The minimum atomic E-state index is -4.36. The third kappa shape index (κ3) is 4.64. The maximum atomic E-state index is 12.6. The molecule has 0 bridgehead atoms. The maximum Gasteiger partial charge on any atom is 0.417 e. The van der Waals surface area contributed by atoms with E-state index in [-0.39, 0.29) is 6.04 Å². The number of hydrogen-bond acceptors (Lipinski definition) is 6. The molecule has 0 radical (unpaired) electrons. The number of halogens is 3. The SMILES string of the molecule is CCc1nnc(NC2CCN(c3ccc(C(F)(F)F)cn3)CC2)nc1CC. The first-order valence-corrected chi connectivity index (χ1v) is 9.18. The van der Waals surface area contributed by atoms with Gasteiger partial charge < -0.3 is 10.2 Å². The number of nitrogens with one attached hydrogen (secondary N) is 1. The van der Waals surface area contributed by atoms with E-state index in [0.717, 1.165) is 49.3 Å². The van der Waals surface area contributed by atoms with Gasteiger partial charge in [0.2, 0.25) is 5.95 Å². The van der Waals surface area contributed by atoms with Crippen LogP contribution in [-0.2, 0) is 19.0 Å². The van der Waals surface area contributed by atoms with E-state index in [1.807, 2.05) is 18.7 Å². The normalized spacial score (nSPS) is 15.8. The number of alkyl halides is 3. The van der Waals surface area contributed by atoms with Crippen LogP contribution >= 0.6 is 0 Å². The summed E-state index contributed by atoms with van der Waals surface area (Å²) >= 11 is 0. The second kappa shape index (κ2) is 8.06. The van der Waals surface area contributed by atoms with Crippen molar-refractivity contribution in [1.29, 1.82) is 0 Å². The third-order valence-corrected chi connectivity index (χ3v) is 4.74. The van der Waals surface area contributed by atoms with Crippen molar-refractivity contribution in [2.75, 3.05) is 23.3 Å². The molecule has 146 valence electrons. The molecule has 2 aromatic rings. The average Bonchev–Trinajstić information content (AvgIpc) is 2.68. The Bertz CT molecular complexity index is 755. The molecule has 0 saturated carbocycles. The van der Waals surface area contributed by atoms with Crippen molar-refractivity contribution in [3.05, 3.63) is 35.3 Å². The molecule has 6 nitrogen and oxygen atoms in total. The van der Waals surface area contributed by atoms with Crippen LogP contribution in [0.1, 0.15) is 43.6 Å². The number of hydrogen-bond donors (Lipinski definition) is 1.